The third-order valence-electron chi connectivity index (χ3n) is 2.97. The van der Waals surface area contributed by atoms with Crippen molar-refractivity contribution < 1.29 is 19.1 Å². The highest BCUT2D eigenvalue weighted by Crippen LogP contribution is 2.29. The van der Waals surface area contributed by atoms with Crippen molar-refractivity contribution in [2.45, 2.75) is 26.9 Å². The van der Waals surface area contributed by atoms with Crippen LogP contribution in [0, 0.1) is 5.41 Å². The summed E-state index contributed by atoms with van der Waals surface area (Å²) in [6, 6.07) is 3.90. The van der Waals surface area contributed by atoms with Gasteiger partial charge in [-0.1, -0.05) is 19.9 Å². The first-order valence-corrected chi connectivity index (χ1v) is 7.40. The summed E-state index contributed by atoms with van der Waals surface area (Å²) in [5, 5.41) is 1.97. The maximum absolute atomic E-state index is 12.0. The molecule has 0 aliphatic carbocycles. The van der Waals surface area contributed by atoms with Crippen LogP contribution in [0.1, 0.15) is 25.6 Å². The minimum Gasteiger partial charge on any atom is -0.465 e. The zero-order chi connectivity index (χ0) is 15.5. The summed E-state index contributed by atoms with van der Waals surface area (Å²) >= 11 is 1.58. The maximum Gasteiger partial charge on any atom is 0.302 e. The Kier molecular flexibility index (Phi) is 4.57. The van der Waals surface area contributed by atoms with Crippen LogP contribution in [0.4, 0.5) is 0 Å². The summed E-state index contributed by atoms with van der Waals surface area (Å²) < 4.78 is 10.6. The fourth-order valence-corrected chi connectivity index (χ4v) is 2.46. The number of carbonyl (C=O) groups excluding carboxylic acids is 2. The van der Waals surface area contributed by atoms with E-state index < -0.39 is 11.5 Å². The number of hydrogen-bond acceptors (Lipinski definition) is 5. The smallest absolute Gasteiger partial charge is 0.302 e. The standard InChI is InChI=1S/C15H17NO4S/c1-10(17)19-9-15(2,3)13-14(18)16-12(20-13)7-6-11-5-4-8-21-11/h4-8,13H,9H2,1-3H3/b7-6+. The molecular formula is C15H17NO4S. The van der Waals surface area contributed by atoms with Gasteiger partial charge in [0.15, 0.2) is 6.10 Å². The lowest BCUT2D eigenvalue weighted by Gasteiger charge is -2.28. The summed E-state index contributed by atoms with van der Waals surface area (Å²) in [4.78, 5) is 27.8. The van der Waals surface area contributed by atoms with Gasteiger partial charge in [-0.05, 0) is 17.5 Å². The second kappa shape index (κ2) is 6.22. The number of nitrogens with zero attached hydrogens (tertiary/aromatic N) is 1. The van der Waals surface area contributed by atoms with Gasteiger partial charge in [0, 0.05) is 23.3 Å². The highest BCUT2D eigenvalue weighted by Gasteiger charge is 2.42. The Hall–Kier alpha value is -1.95. The molecule has 0 fully saturated rings. The van der Waals surface area contributed by atoms with Gasteiger partial charge in [0.2, 0.25) is 5.90 Å². The summed E-state index contributed by atoms with van der Waals surface area (Å²) in [5.74, 6) is -0.445. The lowest BCUT2D eigenvalue weighted by atomic mass is 9.87. The maximum atomic E-state index is 12.0. The SMILES string of the molecule is CC(=O)OCC(C)(C)C1OC(/C=C/c2cccs2)=NC1=O. The fraction of sp³-hybridized carbons (Fsp3) is 0.400. The van der Waals surface area contributed by atoms with E-state index in [1.54, 1.807) is 31.3 Å². The van der Waals surface area contributed by atoms with Crippen LogP contribution in [0.2, 0.25) is 0 Å². The first kappa shape index (κ1) is 15.4. The Bertz CT molecular complexity index is 587. The average Bonchev–Trinajstić information content (AvgIpc) is 3.03. The molecular weight excluding hydrogens is 290 g/mol. The minimum absolute atomic E-state index is 0.107. The first-order chi connectivity index (χ1) is 9.88. The Morgan fingerprint density at radius 3 is 2.90 bits per heavy atom. The molecule has 5 nitrogen and oxygen atoms in total. The van der Waals surface area contributed by atoms with Crippen LogP contribution in [0.5, 0.6) is 0 Å². The van der Waals surface area contributed by atoms with Crippen molar-refractivity contribution in [3.05, 3.63) is 28.5 Å². The number of rotatable bonds is 5. The number of carbonyl (C=O) groups is 2. The molecule has 21 heavy (non-hydrogen) atoms. The van der Waals surface area contributed by atoms with Crippen molar-refractivity contribution in [2.24, 2.45) is 10.4 Å². The van der Waals surface area contributed by atoms with E-state index in [1.165, 1.54) is 6.92 Å². The van der Waals surface area contributed by atoms with Gasteiger partial charge < -0.3 is 9.47 Å². The Morgan fingerprint density at radius 1 is 1.52 bits per heavy atom. The van der Waals surface area contributed by atoms with Gasteiger partial charge in [0.1, 0.15) is 6.61 Å². The molecule has 1 unspecified atom stereocenters. The molecule has 1 aromatic heterocycles. The largest absolute Gasteiger partial charge is 0.465 e. The van der Waals surface area contributed by atoms with E-state index in [0.717, 1.165) is 4.88 Å². The monoisotopic (exact) mass is 307 g/mol. The van der Waals surface area contributed by atoms with Crippen molar-refractivity contribution >= 4 is 35.2 Å². The molecule has 1 atom stereocenters. The molecule has 1 aliphatic heterocycles. The average molecular weight is 307 g/mol. The minimum atomic E-state index is -0.736. The van der Waals surface area contributed by atoms with Gasteiger partial charge in [-0.3, -0.25) is 9.59 Å². The molecule has 0 bridgehead atoms. The van der Waals surface area contributed by atoms with Gasteiger partial charge in [0.25, 0.3) is 5.91 Å². The number of thiophene rings is 1. The molecule has 0 radical (unpaired) electrons. The lowest BCUT2D eigenvalue weighted by Crippen LogP contribution is -2.39. The third-order valence-corrected chi connectivity index (χ3v) is 3.81. The van der Waals surface area contributed by atoms with E-state index in [2.05, 4.69) is 4.99 Å². The Labute approximate surface area is 127 Å². The number of hydrogen-bond donors (Lipinski definition) is 0. The van der Waals surface area contributed by atoms with Gasteiger partial charge >= 0.3 is 5.97 Å². The van der Waals surface area contributed by atoms with E-state index in [0.29, 0.717) is 0 Å². The molecule has 0 N–H and O–H groups in total. The second-order valence-corrected chi connectivity index (χ2v) is 6.38. The molecule has 1 aliphatic rings. The predicted octanol–water partition coefficient (Wildman–Crippen LogP) is 2.67. The van der Waals surface area contributed by atoms with Crippen molar-refractivity contribution in [2.75, 3.05) is 6.61 Å². The van der Waals surface area contributed by atoms with Crippen molar-refractivity contribution in [1.82, 2.24) is 0 Å². The van der Waals surface area contributed by atoms with Crippen LogP contribution in [0.3, 0.4) is 0 Å². The molecule has 2 rings (SSSR count). The highest BCUT2D eigenvalue weighted by atomic mass is 32.1. The summed E-state index contributed by atoms with van der Waals surface area (Å²) in [7, 11) is 0. The molecule has 1 aromatic rings. The lowest BCUT2D eigenvalue weighted by molar-refractivity contribution is -0.148. The van der Waals surface area contributed by atoms with Crippen molar-refractivity contribution in [1.29, 1.82) is 0 Å². The van der Waals surface area contributed by atoms with Gasteiger partial charge in [-0.2, -0.15) is 4.99 Å². The van der Waals surface area contributed by atoms with Gasteiger partial charge in [-0.15, -0.1) is 11.3 Å². The van der Waals surface area contributed by atoms with E-state index in [-0.39, 0.29) is 24.4 Å². The molecule has 6 heteroatoms. The molecule has 0 saturated carbocycles. The summed E-state index contributed by atoms with van der Waals surface area (Å²) in [5.41, 5.74) is -0.634. The van der Waals surface area contributed by atoms with E-state index in [9.17, 15) is 9.59 Å². The van der Waals surface area contributed by atoms with Crippen molar-refractivity contribution in [3.63, 3.8) is 0 Å². The molecule has 112 valence electrons. The number of aliphatic imine (C=N–C) groups is 1. The molecule has 1 amide bonds. The zero-order valence-electron chi connectivity index (χ0n) is 12.2. The Balaban J connectivity index is 2.00. The third kappa shape index (κ3) is 4.01. The highest BCUT2D eigenvalue weighted by molar-refractivity contribution is 7.10. The van der Waals surface area contributed by atoms with Crippen LogP contribution in [0.25, 0.3) is 6.08 Å². The molecule has 2 heterocycles. The fourth-order valence-electron chi connectivity index (χ4n) is 1.84. The quantitative estimate of drug-likeness (QED) is 0.785. The molecule has 0 saturated heterocycles. The normalized spacial score (nSPS) is 18.7. The summed E-state index contributed by atoms with van der Waals surface area (Å²) in [6.45, 7) is 5.05. The van der Waals surface area contributed by atoms with Crippen LogP contribution in [-0.2, 0) is 19.1 Å². The van der Waals surface area contributed by atoms with Gasteiger partial charge in [0.05, 0.1) is 0 Å². The summed E-state index contributed by atoms with van der Waals surface area (Å²) in [6.07, 6.45) is 2.78. The molecule has 0 aromatic carbocycles. The van der Waals surface area contributed by atoms with Gasteiger partial charge in [-0.25, -0.2) is 0 Å². The van der Waals surface area contributed by atoms with E-state index in [4.69, 9.17) is 9.47 Å². The zero-order valence-corrected chi connectivity index (χ0v) is 13.0. The van der Waals surface area contributed by atoms with E-state index in [1.807, 2.05) is 23.6 Å². The predicted molar refractivity (Wildman–Crippen MR) is 81.1 cm³/mol. The first-order valence-electron chi connectivity index (χ1n) is 6.52. The number of amides is 1. The van der Waals surface area contributed by atoms with Crippen LogP contribution >= 0.6 is 11.3 Å². The van der Waals surface area contributed by atoms with Crippen molar-refractivity contribution in [3.8, 4) is 0 Å². The number of esters is 1. The topological polar surface area (TPSA) is 65.0 Å². The molecule has 0 spiro atoms. The van der Waals surface area contributed by atoms with Crippen LogP contribution in [-0.4, -0.2) is 30.5 Å². The van der Waals surface area contributed by atoms with E-state index >= 15 is 0 Å². The van der Waals surface area contributed by atoms with Crippen LogP contribution in [0.15, 0.2) is 28.6 Å². The number of ether oxygens (including phenoxy) is 2. The Morgan fingerprint density at radius 2 is 2.29 bits per heavy atom. The van der Waals surface area contributed by atoms with Crippen LogP contribution < -0.4 is 0 Å². The second-order valence-electron chi connectivity index (χ2n) is 5.40.